The highest BCUT2D eigenvalue weighted by Crippen LogP contribution is 2.46. The average Bonchev–Trinajstić information content (AvgIpc) is 2.96. The molecule has 0 aliphatic carbocycles. The third-order valence-electron chi connectivity index (χ3n) is 3.21. The number of ether oxygens (including phenoxy) is 1. The monoisotopic (exact) mass is 376 g/mol. The van der Waals surface area contributed by atoms with E-state index in [4.69, 9.17) is 27.9 Å². The van der Waals surface area contributed by atoms with Crippen molar-refractivity contribution in [2.75, 3.05) is 6.61 Å². The number of hydrogen-bond acceptors (Lipinski definition) is 2. The Kier molecular flexibility index (Phi) is 3.82. The van der Waals surface area contributed by atoms with Gasteiger partial charge in [-0.15, -0.1) is 11.3 Å². The van der Waals surface area contributed by atoms with Crippen LogP contribution in [0.1, 0.15) is 26.4 Å². The molecule has 1 aromatic heterocycles. The number of halogens is 3. The summed E-state index contributed by atoms with van der Waals surface area (Å²) in [5.41, 5.74) is 3.34. The molecular formula is C14H11BrCl2OS. The minimum atomic E-state index is 0.0178. The molecule has 0 spiro atoms. The molecule has 0 radical (unpaired) electrons. The molecule has 100 valence electrons. The van der Waals surface area contributed by atoms with Crippen molar-refractivity contribution in [1.82, 2.24) is 0 Å². The number of fused-ring (bicyclic) bond motifs is 1. The van der Waals surface area contributed by atoms with Crippen LogP contribution in [0.15, 0.2) is 17.5 Å². The van der Waals surface area contributed by atoms with Gasteiger partial charge >= 0.3 is 0 Å². The van der Waals surface area contributed by atoms with Gasteiger partial charge in [0.25, 0.3) is 0 Å². The first-order chi connectivity index (χ1) is 9.08. The maximum absolute atomic E-state index is 6.35. The van der Waals surface area contributed by atoms with Crippen molar-refractivity contribution in [2.24, 2.45) is 0 Å². The first-order valence-corrected chi connectivity index (χ1v) is 8.45. The van der Waals surface area contributed by atoms with Crippen LogP contribution in [0, 0.1) is 6.92 Å². The smallest absolute Gasteiger partial charge is 0.127 e. The Labute approximate surface area is 134 Å². The highest BCUT2D eigenvalue weighted by atomic mass is 79.9. The summed E-state index contributed by atoms with van der Waals surface area (Å²) < 4.78 is 5.75. The van der Waals surface area contributed by atoms with E-state index in [0.29, 0.717) is 0 Å². The molecule has 19 heavy (non-hydrogen) atoms. The second-order valence-corrected chi connectivity index (χ2v) is 7.18. The van der Waals surface area contributed by atoms with Crippen molar-refractivity contribution in [3.8, 4) is 5.75 Å². The first-order valence-electron chi connectivity index (χ1n) is 5.90. The topological polar surface area (TPSA) is 9.23 Å². The maximum atomic E-state index is 6.35. The summed E-state index contributed by atoms with van der Waals surface area (Å²) in [6.45, 7) is 2.74. The van der Waals surface area contributed by atoms with Crippen molar-refractivity contribution in [2.45, 2.75) is 18.2 Å². The zero-order valence-corrected chi connectivity index (χ0v) is 14.1. The highest BCUT2D eigenvalue weighted by molar-refractivity contribution is 9.09. The summed E-state index contributed by atoms with van der Waals surface area (Å²) in [6, 6.07) is 3.94. The number of thiophene rings is 1. The summed E-state index contributed by atoms with van der Waals surface area (Å²) in [4.78, 5) is 1.11. The minimum Gasteiger partial charge on any atom is -0.493 e. The maximum Gasteiger partial charge on any atom is 0.127 e. The van der Waals surface area contributed by atoms with Crippen LogP contribution in [0.3, 0.4) is 0 Å². The Balaban J connectivity index is 2.10. The van der Waals surface area contributed by atoms with Gasteiger partial charge in [0, 0.05) is 21.9 Å². The fourth-order valence-corrected chi connectivity index (χ4v) is 4.82. The fraction of sp³-hybridized carbons (Fsp3) is 0.286. The van der Waals surface area contributed by atoms with Crippen LogP contribution in [0.4, 0.5) is 0 Å². The molecular weight excluding hydrogens is 367 g/mol. The van der Waals surface area contributed by atoms with Gasteiger partial charge in [-0.05, 0) is 35.6 Å². The molecule has 3 rings (SSSR count). The molecule has 1 unspecified atom stereocenters. The molecule has 2 heterocycles. The Bertz CT molecular complexity index is 639. The van der Waals surface area contributed by atoms with Gasteiger partial charge in [0.15, 0.2) is 0 Å². The van der Waals surface area contributed by atoms with E-state index in [0.717, 1.165) is 44.8 Å². The van der Waals surface area contributed by atoms with Crippen molar-refractivity contribution >= 4 is 50.5 Å². The number of alkyl halides is 1. The Morgan fingerprint density at radius 3 is 2.84 bits per heavy atom. The summed E-state index contributed by atoms with van der Waals surface area (Å²) in [5, 5.41) is 3.63. The van der Waals surface area contributed by atoms with Gasteiger partial charge < -0.3 is 4.74 Å². The van der Waals surface area contributed by atoms with Crippen molar-refractivity contribution in [3.05, 3.63) is 49.1 Å². The van der Waals surface area contributed by atoms with Crippen LogP contribution in [-0.4, -0.2) is 6.61 Å². The van der Waals surface area contributed by atoms with E-state index >= 15 is 0 Å². The quantitative estimate of drug-likeness (QED) is 0.602. The average molecular weight is 378 g/mol. The zero-order valence-electron chi connectivity index (χ0n) is 10.2. The molecule has 0 amide bonds. The Morgan fingerprint density at radius 1 is 1.37 bits per heavy atom. The summed E-state index contributed by atoms with van der Waals surface area (Å²) >= 11 is 17.9. The molecule has 0 saturated heterocycles. The minimum absolute atomic E-state index is 0.0178. The van der Waals surface area contributed by atoms with Crippen LogP contribution in [-0.2, 0) is 6.42 Å². The predicted molar refractivity (Wildman–Crippen MR) is 85.5 cm³/mol. The van der Waals surface area contributed by atoms with Crippen molar-refractivity contribution in [3.63, 3.8) is 0 Å². The van der Waals surface area contributed by atoms with E-state index in [2.05, 4.69) is 21.3 Å². The first kappa shape index (κ1) is 13.7. The lowest BCUT2D eigenvalue weighted by atomic mass is 10.0. The van der Waals surface area contributed by atoms with Crippen molar-refractivity contribution in [1.29, 1.82) is 0 Å². The van der Waals surface area contributed by atoms with E-state index < -0.39 is 0 Å². The third-order valence-corrected chi connectivity index (χ3v) is 6.46. The number of hydrogen-bond donors (Lipinski definition) is 0. The molecule has 1 atom stereocenters. The van der Waals surface area contributed by atoms with Gasteiger partial charge in [0.1, 0.15) is 5.75 Å². The van der Waals surface area contributed by atoms with Crippen LogP contribution < -0.4 is 4.74 Å². The Hall–Kier alpha value is -0.220. The standard InChI is InChI=1S/C14H11BrCl2OS/c1-7-6-19-14(12(7)17)11(15)10-5-9(16)4-8-2-3-18-13(8)10/h4-6,11H,2-3H2,1H3. The third kappa shape index (κ3) is 2.42. The Morgan fingerprint density at radius 2 is 2.16 bits per heavy atom. The number of aryl methyl sites for hydroxylation is 1. The predicted octanol–water partition coefficient (Wildman–Crippen LogP) is 5.78. The van der Waals surface area contributed by atoms with Crippen LogP contribution in [0.5, 0.6) is 5.75 Å². The highest BCUT2D eigenvalue weighted by Gasteiger charge is 2.25. The number of benzene rings is 1. The van der Waals surface area contributed by atoms with Gasteiger partial charge in [-0.3, -0.25) is 0 Å². The molecule has 1 aromatic carbocycles. The molecule has 0 fully saturated rings. The van der Waals surface area contributed by atoms with E-state index in [1.807, 2.05) is 19.1 Å². The number of rotatable bonds is 2. The molecule has 1 aliphatic heterocycles. The molecule has 5 heteroatoms. The molecule has 0 bridgehead atoms. The van der Waals surface area contributed by atoms with E-state index in [1.165, 1.54) is 5.56 Å². The van der Waals surface area contributed by atoms with Gasteiger partial charge in [-0.25, -0.2) is 0 Å². The van der Waals surface area contributed by atoms with E-state index in [9.17, 15) is 0 Å². The summed E-state index contributed by atoms with van der Waals surface area (Å²) in [7, 11) is 0. The molecule has 1 aliphatic rings. The van der Waals surface area contributed by atoms with Crippen LogP contribution in [0.2, 0.25) is 10.0 Å². The van der Waals surface area contributed by atoms with Gasteiger partial charge in [0.2, 0.25) is 0 Å². The lowest BCUT2D eigenvalue weighted by molar-refractivity contribution is 0.354. The second-order valence-electron chi connectivity index (χ2n) is 4.54. The second kappa shape index (κ2) is 5.28. The van der Waals surface area contributed by atoms with Crippen molar-refractivity contribution < 1.29 is 4.74 Å². The van der Waals surface area contributed by atoms with Crippen LogP contribution in [0.25, 0.3) is 0 Å². The lowest BCUT2D eigenvalue weighted by Crippen LogP contribution is -1.96. The lowest BCUT2D eigenvalue weighted by Gasteiger charge is -2.14. The largest absolute Gasteiger partial charge is 0.493 e. The van der Waals surface area contributed by atoms with Gasteiger partial charge in [-0.1, -0.05) is 39.1 Å². The molecule has 0 saturated carbocycles. The van der Waals surface area contributed by atoms with Crippen LogP contribution >= 0.6 is 50.5 Å². The summed E-state index contributed by atoms with van der Waals surface area (Å²) in [6.07, 6.45) is 0.916. The summed E-state index contributed by atoms with van der Waals surface area (Å²) in [5.74, 6) is 0.952. The van der Waals surface area contributed by atoms with E-state index in [-0.39, 0.29) is 4.83 Å². The molecule has 1 nitrogen and oxygen atoms in total. The molecule has 2 aromatic rings. The zero-order chi connectivity index (χ0) is 13.6. The van der Waals surface area contributed by atoms with Gasteiger partial charge in [0.05, 0.1) is 16.5 Å². The van der Waals surface area contributed by atoms with Gasteiger partial charge in [-0.2, -0.15) is 0 Å². The van der Waals surface area contributed by atoms with E-state index in [1.54, 1.807) is 11.3 Å². The fourth-order valence-electron chi connectivity index (χ4n) is 2.25. The SMILES string of the molecule is Cc1csc(C(Br)c2cc(Cl)cc3c2OCC3)c1Cl. The molecule has 0 N–H and O–H groups in total. The normalized spacial score (nSPS) is 15.2.